The van der Waals surface area contributed by atoms with Gasteiger partial charge in [-0.05, 0) is 25.2 Å². The summed E-state index contributed by atoms with van der Waals surface area (Å²) in [7, 11) is 0. The smallest absolute Gasteiger partial charge is 0.243 e. The van der Waals surface area contributed by atoms with Crippen molar-refractivity contribution in [1.82, 2.24) is 10.1 Å². The van der Waals surface area contributed by atoms with Gasteiger partial charge in [0, 0.05) is 5.25 Å². The van der Waals surface area contributed by atoms with Crippen LogP contribution in [0.25, 0.3) is 0 Å². The van der Waals surface area contributed by atoms with E-state index < -0.39 is 0 Å². The number of hydrogen-bond donors (Lipinski definition) is 1. The summed E-state index contributed by atoms with van der Waals surface area (Å²) in [6.45, 7) is 4.29. The third-order valence-electron chi connectivity index (χ3n) is 3.28. The van der Waals surface area contributed by atoms with Crippen LogP contribution in [0.1, 0.15) is 63.7 Å². The standard InChI is InChI=1S/C13H23N3OS/c1-9(2)7-11(14)13-15-12(16-17-13)8-18-10-5-3-4-6-10/h9-11H,3-8,14H2,1-2H3/t11-/m0/s1. The van der Waals surface area contributed by atoms with Crippen molar-refractivity contribution < 1.29 is 4.52 Å². The molecule has 0 spiro atoms. The first kappa shape index (κ1) is 13.9. The normalized spacial score (nSPS) is 18.7. The minimum Gasteiger partial charge on any atom is -0.338 e. The molecule has 102 valence electrons. The van der Waals surface area contributed by atoms with E-state index in [0.717, 1.165) is 23.2 Å². The highest BCUT2D eigenvalue weighted by atomic mass is 32.2. The van der Waals surface area contributed by atoms with Gasteiger partial charge in [0.05, 0.1) is 11.8 Å². The van der Waals surface area contributed by atoms with Crippen molar-refractivity contribution in [3.8, 4) is 0 Å². The highest BCUT2D eigenvalue weighted by Gasteiger charge is 2.19. The van der Waals surface area contributed by atoms with Crippen LogP contribution < -0.4 is 5.73 Å². The number of rotatable bonds is 6. The van der Waals surface area contributed by atoms with E-state index in [1.807, 2.05) is 11.8 Å². The van der Waals surface area contributed by atoms with Crippen LogP contribution in [0.3, 0.4) is 0 Å². The van der Waals surface area contributed by atoms with Crippen molar-refractivity contribution in [3.05, 3.63) is 11.7 Å². The summed E-state index contributed by atoms with van der Waals surface area (Å²) in [6, 6.07) is -0.122. The lowest BCUT2D eigenvalue weighted by Crippen LogP contribution is -2.13. The highest BCUT2D eigenvalue weighted by molar-refractivity contribution is 7.99. The fourth-order valence-corrected chi connectivity index (χ4v) is 3.50. The predicted octanol–water partition coefficient (Wildman–Crippen LogP) is 3.29. The van der Waals surface area contributed by atoms with Gasteiger partial charge in [0.1, 0.15) is 0 Å². The molecular formula is C13H23N3OS. The molecule has 1 aliphatic rings. The van der Waals surface area contributed by atoms with E-state index in [1.54, 1.807) is 0 Å². The maximum Gasteiger partial charge on any atom is 0.243 e. The molecule has 1 saturated carbocycles. The van der Waals surface area contributed by atoms with Crippen molar-refractivity contribution in [2.75, 3.05) is 0 Å². The number of thioether (sulfide) groups is 1. The lowest BCUT2D eigenvalue weighted by molar-refractivity contribution is 0.333. The molecule has 0 aromatic carbocycles. The monoisotopic (exact) mass is 269 g/mol. The molecule has 1 aliphatic carbocycles. The molecule has 1 aromatic rings. The Bertz CT molecular complexity index is 361. The van der Waals surface area contributed by atoms with Crippen LogP contribution >= 0.6 is 11.8 Å². The SMILES string of the molecule is CC(C)C[C@H](N)c1nc(CSC2CCCC2)no1. The second-order valence-corrected chi connectivity index (χ2v) is 6.79. The third kappa shape index (κ3) is 3.99. The first-order valence-electron chi connectivity index (χ1n) is 6.85. The molecule has 0 aliphatic heterocycles. The Morgan fingerprint density at radius 2 is 2.11 bits per heavy atom. The van der Waals surface area contributed by atoms with Crippen LogP contribution in [-0.2, 0) is 5.75 Å². The second-order valence-electron chi connectivity index (χ2n) is 5.50. The van der Waals surface area contributed by atoms with Gasteiger partial charge in [-0.25, -0.2) is 0 Å². The van der Waals surface area contributed by atoms with Crippen LogP contribution in [0, 0.1) is 5.92 Å². The molecule has 2 N–H and O–H groups in total. The first-order valence-corrected chi connectivity index (χ1v) is 7.89. The molecule has 1 aromatic heterocycles. The van der Waals surface area contributed by atoms with Crippen molar-refractivity contribution >= 4 is 11.8 Å². The Hall–Kier alpha value is -0.550. The average molecular weight is 269 g/mol. The van der Waals surface area contributed by atoms with E-state index in [2.05, 4.69) is 24.0 Å². The lowest BCUT2D eigenvalue weighted by atomic mass is 10.0. The third-order valence-corrected chi connectivity index (χ3v) is 4.64. The van der Waals surface area contributed by atoms with Crippen molar-refractivity contribution in [2.24, 2.45) is 11.7 Å². The predicted molar refractivity (Wildman–Crippen MR) is 74.2 cm³/mol. The van der Waals surface area contributed by atoms with E-state index in [-0.39, 0.29) is 6.04 Å². The average Bonchev–Trinajstić information content (AvgIpc) is 2.97. The molecule has 2 rings (SSSR count). The van der Waals surface area contributed by atoms with E-state index in [0.29, 0.717) is 11.8 Å². The minimum absolute atomic E-state index is 0.122. The van der Waals surface area contributed by atoms with Gasteiger partial charge in [0.15, 0.2) is 5.82 Å². The van der Waals surface area contributed by atoms with E-state index in [1.165, 1.54) is 25.7 Å². The van der Waals surface area contributed by atoms with E-state index in [4.69, 9.17) is 10.3 Å². The summed E-state index contributed by atoms with van der Waals surface area (Å²) in [5, 5.41) is 4.81. The summed E-state index contributed by atoms with van der Waals surface area (Å²) >= 11 is 1.95. The molecule has 1 atom stereocenters. The Morgan fingerprint density at radius 1 is 1.39 bits per heavy atom. The van der Waals surface area contributed by atoms with Crippen molar-refractivity contribution in [3.63, 3.8) is 0 Å². The van der Waals surface area contributed by atoms with Gasteiger partial charge < -0.3 is 10.3 Å². The first-order chi connectivity index (χ1) is 8.65. The fourth-order valence-electron chi connectivity index (χ4n) is 2.33. The molecule has 1 heterocycles. The zero-order valence-corrected chi connectivity index (χ0v) is 12.1. The van der Waals surface area contributed by atoms with Gasteiger partial charge in [-0.2, -0.15) is 16.7 Å². The molecule has 0 unspecified atom stereocenters. The minimum atomic E-state index is -0.122. The molecule has 1 fully saturated rings. The molecule has 5 heteroatoms. The van der Waals surface area contributed by atoms with Gasteiger partial charge in [-0.15, -0.1) is 0 Å². The molecule has 0 amide bonds. The van der Waals surface area contributed by atoms with Gasteiger partial charge in [0.25, 0.3) is 0 Å². The number of hydrogen-bond acceptors (Lipinski definition) is 5. The van der Waals surface area contributed by atoms with Crippen LogP contribution in [0.5, 0.6) is 0 Å². The van der Waals surface area contributed by atoms with E-state index in [9.17, 15) is 0 Å². The highest BCUT2D eigenvalue weighted by Crippen LogP contribution is 2.31. The molecule has 0 radical (unpaired) electrons. The molecular weight excluding hydrogens is 246 g/mol. The Morgan fingerprint density at radius 3 is 2.78 bits per heavy atom. The zero-order chi connectivity index (χ0) is 13.0. The number of nitrogens with two attached hydrogens (primary N) is 1. The van der Waals surface area contributed by atoms with Crippen LogP contribution in [0.2, 0.25) is 0 Å². The lowest BCUT2D eigenvalue weighted by Gasteiger charge is -2.08. The maximum atomic E-state index is 6.02. The van der Waals surface area contributed by atoms with Gasteiger partial charge in [0.2, 0.25) is 5.89 Å². The molecule has 0 bridgehead atoms. The quantitative estimate of drug-likeness (QED) is 0.858. The molecule has 0 saturated heterocycles. The number of nitrogens with zero attached hydrogens (tertiary/aromatic N) is 2. The topological polar surface area (TPSA) is 64.9 Å². The van der Waals surface area contributed by atoms with Crippen molar-refractivity contribution in [1.29, 1.82) is 0 Å². The summed E-state index contributed by atoms with van der Waals surface area (Å²) < 4.78 is 5.24. The maximum absolute atomic E-state index is 6.02. The Labute approximate surface area is 113 Å². The van der Waals surface area contributed by atoms with Crippen LogP contribution in [0.4, 0.5) is 0 Å². The zero-order valence-electron chi connectivity index (χ0n) is 11.3. The molecule has 18 heavy (non-hydrogen) atoms. The van der Waals surface area contributed by atoms with Crippen LogP contribution in [-0.4, -0.2) is 15.4 Å². The number of aromatic nitrogens is 2. The Balaban J connectivity index is 1.81. The van der Waals surface area contributed by atoms with Crippen LogP contribution in [0.15, 0.2) is 4.52 Å². The Kier molecular flexibility index (Phi) is 5.06. The molecule has 4 nitrogen and oxygen atoms in total. The summed E-state index contributed by atoms with van der Waals surface area (Å²) in [5.74, 6) is 2.78. The van der Waals surface area contributed by atoms with Gasteiger partial charge in [-0.1, -0.05) is 31.8 Å². The summed E-state index contributed by atoms with van der Waals surface area (Å²) in [4.78, 5) is 4.40. The summed E-state index contributed by atoms with van der Waals surface area (Å²) in [5.41, 5.74) is 6.02. The fraction of sp³-hybridized carbons (Fsp3) is 0.846. The largest absolute Gasteiger partial charge is 0.338 e. The van der Waals surface area contributed by atoms with Gasteiger partial charge in [-0.3, -0.25) is 0 Å². The van der Waals surface area contributed by atoms with Crippen molar-refractivity contribution in [2.45, 2.75) is 63.0 Å². The summed E-state index contributed by atoms with van der Waals surface area (Å²) in [6.07, 6.45) is 6.30. The second kappa shape index (κ2) is 6.57. The van der Waals surface area contributed by atoms with Gasteiger partial charge >= 0.3 is 0 Å². The van der Waals surface area contributed by atoms with E-state index >= 15 is 0 Å².